The van der Waals surface area contributed by atoms with Gasteiger partial charge in [-0.3, -0.25) is 9.59 Å². The Morgan fingerprint density at radius 1 is 1.36 bits per heavy atom. The number of rotatable bonds is 7. The van der Waals surface area contributed by atoms with Gasteiger partial charge in [-0.05, 0) is 44.4 Å². The summed E-state index contributed by atoms with van der Waals surface area (Å²) in [5.74, 6) is 0.294. The average Bonchev–Trinajstić information content (AvgIpc) is 3.32. The number of methoxy groups -OCH3 is 1. The zero-order valence-electron chi connectivity index (χ0n) is 14.7. The Balaban J connectivity index is 2.02. The summed E-state index contributed by atoms with van der Waals surface area (Å²) in [6, 6.07) is 5.43. The number of benzene rings is 1. The standard InChI is InChI=1S/C18H22N4O3/c1-4-5-15-17(18(24)19-13-7-8-13)20-21-22(15)14-9-6-12(11(2)23)10-16(14)25-3/h6,9-10,13H,4-5,7-8H2,1-3H3,(H,19,24). The summed E-state index contributed by atoms with van der Waals surface area (Å²) in [4.78, 5) is 24.0. The maximum Gasteiger partial charge on any atom is 0.273 e. The summed E-state index contributed by atoms with van der Waals surface area (Å²) < 4.78 is 7.06. The van der Waals surface area contributed by atoms with Crippen LogP contribution in [0.5, 0.6) is 5.75 Å². The molecule has 0 bridgehead atoms. The maximum absolute atomic E-state index is 12.4. The van der Waals surface area contributed by atoms with E-state index in [0.29, 0.717) is 29.1 Å². The number of aromatic nitrogens is 3. The normalized spacial score (nSPS) is 13.6. The topological polar surface area (TPSA) is 86.1 Å². The minimum atomic E-state index is -0.184. The number of nitrogens with one attached hydrogen (secondary N) is 1. The van der Waals surface area contributed by atoms with E-state index in [1.807, 2.05) is 6.92 Å². The van der Waals surface area contributed by atoms with Crippen molar-refractivity contribution in [1.29, 1.82) is 0 Å². The zero-order valence-corrected chi connectivity index (χ0v) is 14.7. The van der Waals surface area contributed by atoms with Crippen LogP contribution in [-0.4, -0.2) is 39.8 Å². The third kappa shape index (κ3) is 3.55. The van der Waals surface area contributed by atoms with Crippen LogP contribution in [0.15, 0.2) is 18.2 Å². The first-order valence-corrected chi connectivity index (χ1v) is 8.50. The van der Waals surface area contributed by atoms with E-state index in [-0.39, 0.29) is 17.7 Å². The van der Waals surface area contributed by atoms with Crippen LogP contribution in [0.1, 0.15) is 59.7 Å². The monoisotopic (exact) mass is 342 g/mol. The summed E-state index contributed by atoms with van der Waals surface area (Å²) in [7, 11) is 1.54. The molecule has 1 aliphatic rings. The molecule has 0 aliphatic heterocycles. The van der Waals surface area contributed by atoms with Crippen LogP contribution >= 0.6 is 0 Å². The number of hydrogen-bond acceptors (Lipinski definition) is 5. The van der Waals surface area contributed by atoms with Crippen LogP contribution in [0.4, 0.5) is 0 Å². The van der Waals surface area contributed by atoms with Gasteiger partial charge in [0.1, 0.15) is 11.4 Å². The first kappa shape index (κ1) is 17.1. The van der Waals surface area contributed by atoms with Gasteiger partial charge < -0.3 is 10.1 Å². The molecular formula is C18H22N4O3. The highest BCUT2D eigenvalue weighted by Gasteiger charge is 2.28. The van der Waals surface area contributed by atoms with Gasteiger partial charge >= 0.3 is 0 Å². The number of nitrogens with zero attached hydrogens (tertiary/aromatic N) is 3. The van der Waals surface area contributed by atoms with Gasteiger partial charge in [0, 0.05) is 11.6 Å². The smallest absolute Gasteiger partial charge is 0.273 e. The highest BCUT2D eigenvalue weighted by molar-refractivity contribution is 5.95. The van der Waals surface area contributed by atoms with E-state index in [9.17, 15) is 9.59 Å². The summed E-state index contributed by atoms with van der Waals surface area (Å²) in [6.07, 6.45) is 3.55. The van der Waals surface area contributed by atoms with Crippen LogP contribution < -0.4 is 10.1 Å². The Kier molecular flexibility index (Phi) is 4.83. The van der Waals surface area contributed by atoms with Gasteiger partial charge in [0.25, 0.3) is 5.91 Å². The van der Waals surface area contributed by atoms with Crippen molar-refractivity contribution in [1.82, 2.24) is 20.3 Å². The second kappa shape index (κ2) is 7.04. The Labute approximate surface area is 146 Å². The quantitative estimate of drug-likeness (QED) is 0.781. The SMILES string of the molecule is CCCc1c(C(=O)NC2CC2)nnn1-c1ccc(C(C)=O)cc1OC. The molecule has 2 aromatic rings. The van der Waals surface area contributed by atoms with Crippen LogP contribution in [0.25, 0.3) is 5.69 Å². The number of hydrogen-bond donors (Lipinski definition) is 1. The Morgan fingerprint density at radius 3 is 2.72 bits per heavy atom. The molecule has 0 atom stereocenters. The van der Waals surface area contributed by atoms with Crippen molar-refractivity contribution in [3.8, 4) is 11.4 Å². The average molecular weight is 342 g/mol. The molecule has 25 heavy (non-hydrogen) atoms. The van der Waals surface area contributed by atoms with E-state index in [2.05, 4.69) is 15.6 Å². The third-order valence-corrected chi connectivity index (χ3v) is 4.19. The molecule has 1 saturated carbocycles. The summed E-state index contributed by atoms with van der Waals surface area (Å²) >= 11 is 0. The number of ether oxygens (including phenoxy) is 1. The second-order valence-electron chi connectivity index (χ2n) is 6.24. The molecule has 1 aromatic carbocycles. The second-order valence-corrected chi connectivity index (χ2v) is 6.24. The fraction of sp³-hybridized carbons (Fsp3) is 0.444. The molecule has 1 aromatic heterocycles. The zero-order chi connectivity index (χ0) is 18.0. The number of amides is 1. The molecule has 132 valence electrons. The summed E-state index contributed by atoms with van der Waals surface area (Å²) in [5, 5.41) is 11.2. The molecule has 1 aliphatic carbocycles. The van der Waals surface area contributed by atoms with Crippen LogP contribution in [0, 0.1) is 0 Å². The molecule has 1 N–H and O–H groups in total. The van der Waals surface area contributed by atoms with Gasteiger partial charge in [0.15, 0.2) is 11.5 Å². The van der Waals surface area contributed by atoms with Crippen molar-refractivity contribution < 1.29 is 14.3 Å². The number of carbonyl (C=O) groups excluding carboxylic acids is 2. The summed E-state index contributed by atoms with van der Waals surface area (Å²) in [6.45, 7) is 3.54. The highest BCUT2D eigenvalue weighted by Crippen LogP contribution is 2.27. The van der Waals surface area contributed by atoms with Gasteiger partial charge in [-0.25, -0.2) is 4.68 Å². The van der Waals surface area contributed by atoms with E-state index in [0.717, 1.165) is 25.0 Å². The lowest BCUT2D eigenvalue weighted by molar-refractivity contribution is 0.0944. The van der Waals surface area contributed by atoms with Crippen LogP contribution in [0.2, 0.25) is 0 Å². The fourth-order valence-electron chi connectivity index (χ4n) is 2.69. The van der Waals surface area contributed by atoms with Gasteiger partial charge in [0.05, 0.1) is 12.8 Å². The fourth-order valence-corrected chi connectivity index (χ4v) is 2.69. The van der Waals surface area contributed by atoms with E-state index < -0.39 is 0 Å². The molecule has 1 heterocycles. The lowest BCUT2D eigenvalue weighted by Crippen LogP contribution is -2.27. The van der Waals surface area contributed by atoms with Crippen LogP contribution in [-0.2, 0) is 6.42 Å². The number of carbonyl (C=O) groups is 2. The predicted octanol–water partition coefficient (Wildman–Crippen LogP) is 2.32. The third-order valence-electron chi connectivity index (χ3n) is 4.19. The van der Waals surface area contributed by atoms with Gasteiger partial charge in [-0.1, -0.05) is 18.6 Å². The Morgan fingerprint density at radius 2 is 2.12 bits per heavy atom. The minimum Gasteiger partial charge on any atom is -0.494 e. The van der Waals surface area contributed by atoms with Crippen molar-refractivity contribution in [2.45, 2.75) is 45.6 Å². The molecule has 7 nitrogen and oxygen atoms in total. The minimum absolute atomic E-state index is 0.0401. The first-order chi connectivity index (χ1) is 12.0. The van der Waals surface area contributed by atoms with E-state index in [1.54, 1.807) is 30.0 Å². The highest BCUT2D eigenvalue weighted by atomic mass is 16.5. The maximum atomic E-state index is 12.4. The molecular weight excluding hydrogens is 320 g/mol. The van der Waals surface area contributed by atoms with Crippen molar-refractivity contribution in [3.63, 3.8) is 0 Å². The van der Waals surface area contributed by atoms with Crippen molar-refractivity contribution in [3.05, 3.63) is 35.2 Å². The van der Waals surface area contributed by atoms with Crippen molar-refractivity contribution in [2.75, 3.05) is 7.11 Å². The molecule has 7 heteroatoms. The van der Waals surface area contributed by atoms with Crippen molar-refractivity contribution in [2.24, 2.45) is 0 Å². The molecule has 0 saturated heterocycles. The number of Topliss-reactive ketones (excluding diaryl/α,β-unsaturated/α-hetero) is 1. The van der Waals surface area contributed by atoms with E-state index >= 15 is 0 Å². The molecule has 0 unspecified atom stereocenters. The molecule has 0 spiro atoms. The Hall–Kier alpha value is -2.70. The largest absolute Gasteiger partial charge is 0.494 e. The summed E-state index contributed by atoms with van der Waals surface area (Å²) in [5.41, 5.74) is 2.32. The lowest BCUT2D eigenvalue weighted by Gasteiger charge is -2.12. The lowest BCUT2D eigenvalue weighted by atomic mass is 10.1. The van der Waals surface area contributed by atoms with E-state index in [1.165, 1.54) is 6.92 Å². The molecule has 1 fully saturated rings. The Bertz CT molecular complexity index is 809. The van der Waals surface area contributed by atoms with Gasteiger partial charge in [-0.2, -0.15) is 0 Å². The van der Waals surface area contributed by atoms with Crippen LogP contribution in [0.3, 0.4) is 0 Å². The molecule has 1 amide bonds. The first-order valence-electron chi connectivity index (χ1n) is 8.50. The van der Waals surface area contributed by atoms with Gasteiger partial charge in [0.2, 0.25) is 0 Å². The van der Waals surface area contributed by atoms with Gasteiger partial charge in [-0.15, -0.1) is 5.10 Å². The number of ketones is 1. The molecule has 0 radical (unpaired) electrons. The van der Waals surface area contributed by atoms with Crippen molar-refractivity contribution >= 4 is 11.7 Å². The van der Waals surface area contributed by atoms with E-state index in [4.69, 9.17) is 4.74 Å². The molecule has 3 rings (SSSR count). The predicted molar refractivity (Wildman–Crippen MR) is 92.4 cm³/mol.